The van der Waals surface area contributed by atoms with Gasteiger partial charge >= 0.3 is 0 Å². The highest BCUT2D eigenvalue weighted by molar-refractivity contribution is 6.31. The summed E-state index contributed by atoms with van der Waals surface area (Å²) in [5.41, 5.74) is 0.862. The third-order valence-corrected chi connectivity index (χ3v) is 2.23. The fourth-order valence-corrected chi connectivity index (χ4v) is 1.15. The zero-order valence-corrected chi connectivity index (χ0v) is 8.53. The van der Waals surface area contributed by atoms with Gasteiger partial charge < -0.3 is 5.32 Å². The highest BCUT2D eigenvalue weighted by Crippen LogP contribution is 2.20. The van der Waals surface area contributed by atoms with Gasteiger partial charge in [0.05, 0.1) is 5.02 Å². The lowest BCUT2D eigenvalue weighted by molar-refractivity contribution is 0.628. The van der Waals surface area contributed by atoms with Crippen molar-refractivity contribution in [1.29, 1.82) is 0 Å². The van der Waals surface area contributed by atoms with Gasteiger partial charge in [-0.25, -0.2) is 4.39 Å². The maximum Gasteiger partial charge on any atom is 0.141 e. The van der Waals surface area contributed by atoms with Crippen LogP contribution in [-0.2, 0) is 0 Å². The monoisotopic (exact) mass is 201 g/mol. The molecular formula is C10H13ClFN. The molecule has 0 aliphatic rings. The van der Waals surface area contributed by atoms with Crippen molar-refractivity contribution in [3.8, 4) is 0 Å². The van der Waals surface area contributed by atoms with Crippen molar-refractivity contribution in [3.63, 3.8) is 0 Å². The van der Waals surface area contributed by atoms with Crippen molar-refractivity contribution in [2.45, 2.75) is 26.3 Å². The Bertz CT molecular complexity index is 288. The van der Waals surface area contributed by atoms with Crippen LogP contribution < -0.4 is 5.32 Å². The number of hydrogen-bond acceptors (Lipinski definition) is 1. The van der Waals surface area contributed by atoms with Gasteiger partial charge in [-0.15, -0.1) is 0 Å². The second kappa shape index (κ2) is 4.47. The molecule has 72 valence electrons. The number of anilines is 1. The molecule has 0 saturated heterocycles. The van der Waals surface area contributed by atoms with Crippen LogP contribution in [0.5, 0.6) is 0 Å². The van der Waals surface area contributed by atoms with Crippen LogP contribution >= 0.6 is 11.6 Å². The third kappa shape index (κ3) is 2.88. The van der Waals surface area contributed by atoms with E-state index in [9.17, 15) is 4.39 Å². The highest BCUT2D eigenvalue weighted by atomic mass is 35.5. The number of benzene rings is 1. The molecule has 0 aromatic heterocycles. The summed E-state index contributed by atoms with van der Waals surface area (Å²) in [6.07, 6.45) is 1.02. The Kier molecular flexibility index (Phi) is 3.55. The Morgan fingerprint density at radius 3 is 2.77 bits per heavy atom. The number of rotatable bonds is 3. The first kappa shape index (κ1) is 10.3. The minimum Gasteiger partial charge on any atom is -0.383 e. The van der Waals surface area contributed by atoms with Crippen LogP contribution in [-0.4, -0.2) is 6.04 Å². The van der Waals surface area contributed by atoms with Crippen molar-refractivity contribution in [2.75, 3.05) is 5.32 Å². The van der Waals surface area contributed by atoms with E-state index in [2.05, 4.69) is 19.2 Å². The van der Waals surface area contributed by atoms with Gasteiger partial charge in [-0.05, 0) is 31.5 Å². The lowest BCUT2D eigenvalue weighted by Gasteiger charge is -2.12. The molecule has 0 heterocycles. The fourth-order valence-electron chi connectivity index (χ4n) is 0.972. The van der Waals surface area contributed by atoms with Gasteiger partial charge in [-0.1, -0.05) is 18.5 Å². The Balaban J connectivity index is 2.73. The molecule has 0 aliphatic carbocycles. The van der Waals surface area contributed by atoms with E-state index in [1.54, 1.807) is 12.1 Å². The van der Waals surface area contributed by atoms with Gasteiger partial charge in [0.2, 0.25) is 0 Å². The summed E-state index contributed by atoms with van der Waals surface area (Å²) in [6.45, 7) is 4.15. The minimum atomic E-state index is -0.378. The van der Waals surface area contributed by atoms with Gasteiger partial charge in [0.1, 0.15) is 5.82 Å². The van der Waals surface area contributed by atoms with Crippen molar-refractivity contribution >= 4 is 17.3 Å². The molecule has 0 aliphatic heterocycles. The number of halogens is 2. The lowest BCUT2D eigenvalue weighted by Crippen LogP contribution is -2.13. The Hall–Kier alpha value is -0.760. The van der Waals surface area contributed by atoms with Crippen LogP contribution in [0, 0.1) is 5.82 Å². The molecule has 0 fully saturated rings. The molecule has 0 amide bonds. The van der Waals surface area contributed by atoms with E-state index in [0.717, 1.165) is 12.1 Å². The summed E-state index contributed by atoms with van der Waals surface area (Å²) >= 11 is 5.63. The number of nitrogens with one attached hydrogen (secondary N) is 1. The molecule has 0 spiro atoms. The molecular weight excluding hydrogens is 189 g/mol. The van der Waals surface area contributed by atoms with Crippen LogP contribution in [0.15, 0.2) is 18.2 Å². The summed E-state index contributed by atoms with van der Waals surface area (Å²) < 4.78 is 12.8. The SMILES string of the molecule is CC[C@H](C)Nc1ccc(F)c(Cl)c1. The lowest BCUT2D eigenvalue weighted by atomic mass is 10.2. The smallest absolute Gasteiger partial charge is 0.141 e. The predicted octanol–water partition coefficient (Wildman–Crippen LogP) is 3.69. The van der Waals surface area contributed by atoms with Gasteiger partial charge in [-0.2, -0.15) is 0 Å². The topological polar surface area (TPSA) is 12.0 Å². The van der Waals surface area contributed by atoms with Crippen molar-refractivity contribution in [3.05, 3.63) is 29.0 Å². The average molecular weight is 202 g/mol. The van der Waals surface area contributed by atoms with Gasteiger partial charge in [0.15, 0.2) is 0 Å². The van der Waals surface area contributed by atoms with E-state index in [1.807, 2.05) is 0 Å². The first-order valence-electron chi connectivity index (χ1n) is 4.35. The summed E-state index contributed by atoms with van der Waals surface area (Å²) in [6, 6.07) is 5.03. The molecule has 0 bridgehead atoms. The molecule has 0 radical (unpaired) electrons. The first-order valence-corrected chi connectivity index (χ1v) is 4.73. The van der Waals surface area contributed by atoms with Crippen molar-refractivity contribution in [1.82, 2.24) is 0 Å². The highest BCUT2D eigenvalue weighted by Gasteiger charge is 2.02. The van der Waals surface area contributed by atoms with Gasteiger partial charge in [0, 0.05) is 11.7 Å². The van der Waals surface area contributed by atoms with E-state index in [-0.39, 0.29) is 10.8 Å². The summed E-state index contributed by atoms with van der Waals surface area (Å²) in [5, 5.41) is 3.37. The summed E-state index contributed by atoms with van der Waals surface area (Å²) in [4.78, 5) is 0. The molecule has 1 atom stereocenters. The molecule has 0 saturated carbocycles. The molecule has 1 aromatic rings. The normalized spacial score (nSPS) is 12.6. The van der Waals surface area contributed by atoms with Crippen LogP contribution in [0.4, 0.5) is 10.1 Å². The molecule has 1 rings (SSSR count). The number of hydrogen-bond donors (Lipinski definition) is 1. The quantitative estimate of drug-likeness (QED) is 0.787. The van der Waals surface area contributed by atoms with Gasteiger partial charge in [0.25, 0.3) is 0 Å². The van der Waals surface area contributed by atoms with Crippen LogP contribution in [0.2, 0.25) is 5.02 Å². The van der Waals surface area contributed by atoms with Gasteiger partial charge in [-0.3, -0.25) is 0 Å². The minimum absolute atomic E-state index is 0.160. The van der Waals surface area contributed by atoms with Crippen LogP contribution in [0.3, 0.4) is 0 Å². The zero-order valence-electron chi connectivity index (χ0n) is 7.77. The average Bonchev–Trinajstić information content (AvgIpc) is 2.11. The first-order chi connectivity index (χ1) is 6.13. The van der Waals surface area contributed by atoms with E-state index < -0.39 is 0 Å². The van der Waals surface area contributed by atoms with Crippen molar-refractivity contribution < 1.29 is 4.39 Å². The van der Waals surface area contributed by atoms with E-state index in [4.69, 9.17) is 11.6 Å². The van der Waals surface area contributed by atoms with Crippen molar-refractivity contribution in [2.24, 2.45) is 0 Å². The second-order valence-electron chi connectivity index (χ2n) is 3.08. The molecule has 3 heteroatoms. The van der Waals surface area contributed by atoms with E-state index in [0.29, 0.717) is 6.04 Å². The summed E-state index contributed by atoms with van der Waals surface area (Å²) in [7, 11) is 0. The Morgan fingerprint density at radius 2 is 2.23 bits per heavy atom. The Morgan fingerprint density at radius 1 is 1.54 bits per heavy atom. The molecule has 1 aromatic carbocycles. The van der Waals surface area contributed by atoms with Crippen LogP contribution in [0.1, 0.15) is 20.3 Å². The molecule has 1 N–H and O–H groups in total. The van der Waals surface area contributed by atoms with Crippen LogP contribution in [0.25, 0.3) is 0 Å². The Labute approximate surface area is 82.9 Å². The molecule has 0 unspecified atom stereocenters. The third-order valence-electron chi connectivity index (χ3n) is 1.95. The second-order valence-corrected chi connectivity index (χ2v) is 3.49. The van der Waals surface area contributed by atoms with E-state index >= 15 is 0 Å². The van der Waals surface area contributed by atoms with E-state index in [1.165, 1.54) is 6.07 Å². The zero-order chi connectivity index (χ0) is 9.84. The fraction of sp³-hybridized carbons (Fsp3) is 0.400. The predicted molar refractivity (Wildman–Crippen MR) is 54.8 cm³/mol. The maximum absolute atomic E-state index is 12.8. The maximum atomic E-state index is 12.8. The standard InChI is InChI=1S/C10H13ClFN/c1-3-7(2)13-8-4-5-10(12)9(11)6-8/h4-7,13H,3H2,1-2H3/t7-/m0/s1. The summed E-state index contributed by atoms with van der Waals surface area (Å²) in [5.74, 6) is -0.378. The molecule has 13 heavy (non-hydrogen) atoms. The largest absolute Gasteiger partial charge is 0.383 e. The molecule has 1 nitrogen and oxygen atoms in total.